The summed E-state index contributed by atoms with van der Waals surface area (Å²) in [6, 6.07) is 0. The van der Waals surface area contributed by atoms with E-state index < -0.39 is 5.60 Å². The van der Waals surface area contributed by atoms with E-state index in [4.69, 9.17) is 4.74 Å². The first kappa shape index (κ1) is 9.01. The van der Waals surface area contributed by atoms with Gasteiger partial charge in [0.1, 0.15) is 0 Å². The number of epoxide rings is 1. The van der Waals surface area contributed by atoms with Gasteiger partial charge in [-0.2, -0.15) is 0 Å². The molecular weight excluding hydrogens is 140 g/mol. The van der Waals surface area contributed by atoms with Crippen LogP contribution in [0.5, 0.6) is 0 Å². The summed E-state index contributed by atoms with van der Waals surface area (Å²) < 4.78 is 5.09. The molecular formula is C9H18O2. The first-order valence-corrected chi connectivity index (χ1v) is 4.34. The molecule has 0 bridgehead atoms. The van der Waals surface area contributed by atoms with Crippen molar-refractivity contribution >= 4 is 0 Å². The van der Waals surface area contributed by atoms with Crippen LogP contribution in [0.1, 0.15) is 33.6 Å². The minimum atomic E-state index is -0.533. The molecule has 2 unspecified atom stereocenters. The molecule has 0 aliphatic carbocycles. The van der Waals surface area contributed by atoms with Crippen molar-refractivity contribution < 1.29 is 9.84 Å². The maximum absolute atomic E-state index is 9.58. The highest BCUT2D eigenvalue weighted by molar-refractivity contribution is 4.77. The van der Waals surface area contributed by atoms with Gasteiger partial charge >= 0.3 is 0 Å². The molecule has 1 aliphatic rings. The molecule has 1 fully saturated rings. The van der Waals surface area contributed by atoms with Crippen LogP contribution in [0.3, 0.4) is 0 Å². The van der Waals surface area contributed by atoms with E-state index in [1.165, 1.54) is 0 Å². The first-order chi connectivity index (χ1) is 5.00. The number of hydrogen-bond donors (Lipinski definition) is 1. The summed E-state index contributed by atoms with van der Waals surface area (Å²) in [5, 5.41) is 9.58. The Kier molecular flexibility index (Phi) is 2.55. The van der Waals surface area contributed by atoms with Crippen LogP contribution in [-0.2, 0) is 4.74 Å². The van der Waals surface area contributed by atoms with E-state index >= 15 is 0 Å². The lowest BCUT2D eigenvalue weighted by Gasteiger charge is -2.25. The molecule has 1 heterocycles. The van der Waals surface area contributed by atoms with Crippen LogP contribution < -0.4 is 0 Å². The van der Waals surface area contributed by atoms with Crippen LogP contribution in [0.25, 0.3) is 0 Å². The van der Waals surface area contributed by atoms with E-state index in [2.05, 4.69) is 6.92 Å². The Bertz CT molecular complexity index is 122. The predicted molar refractivity (Wildman–Crippen MR) is 44.4 cm³/mol. The summed E-state index contributed by atoms with van der Waals surface area (Å²) in [5.74, 6) is 0.367. The zero-order valence-electron chi connectivity index (χ0n) is 7.63. The van der Waals surface area contributed by atoms with Crippen molar-refractivity contribution in [3.63, 3.8) is 0 Å². The molecule has 0 radical (unpaired) electrons. The molecule has 1 N–H and O–H groups in total. The van der Waals surface area contributed by atoms with Gasteiger partial charge < -0.3 is 9.84 Å². The summed E-state index contributed by atoms with van der Waals surface area (Å²) in [6.07, 6.45) is 2.67. The van der Waals surface area contributed by atoms with Gasteiger partial charge in [0.2, 0.25) is 0 Å². The molecule has 2 heteroatoms. The van der Waals surface area contributed by atoms with Gasteiger partial charge in [0, 0.05) is 0 Å². The van der Waals surface area contributed by atoms with Gasteiger partial charge in [0.15, 0.2) is 0 Å². The van der Waals surface area contributed by atoms with Crippen LogP contribution in [-0.4, -0.2) is 23.4 Å². The maximum Gasteiger partial charge on any atom is 0.0810 e. The summed E-state index contributed by atoms with van der Waals surface area (Å²) in [7, 11) is 0. The molecule has 0 amide bonds. The molecule has 0 spiro atoms. The van der Waals surface area contributed by atoms with Crippen LogP contribution in [0.15, 0.2) is 0 Å². The van der Waals surface area contributed by atoms with Gasteiger partial charge in [-0.1, -0.05) is 6.92 Å². The van der Waals surface area contributed by atoms with Gasteiger partial charge in [-0.3, -0.25) is 0 Å². The minimum absolute atomic E-state index is 0.367. The van der Waals surface area contributed by atoms with Crippen molar-refractivity contribution in [1.82, 2.24) is 0 Å². The smallest absolute Gasteiger partial charge is 0.0810 e. The third-order valence-corrected chi connectivity index (χ3v) is 2.53. The Hall–Kier alpha value is -0.0800. The average Bonchev–Trinajstić information content (AvgIpc) is 2.62. The van der Waals surface area contributed by atoms with Gasteiger partial charge in [0.05, 0.1) is 18.3 Å². The summed E-state index contributed by atoms with van der Waals surface area (Å²) in [6.45, 7) is 6.75. The largest absolute Gasteiger partial charge is 0.390 e. The Morgan fingerprint density at radius 1 is 1.64 bits per heavy atom. The Morgan fingerprint density at radius 3 is 2.55 bits per heavy atom. The van der Waals surface area contributed by atoms with Gasteiger partial charge in [-0.25, -0.2) is 0 Å². The fourth-order valence-electron chi connectivity index (χ4n) is 1.02. The molecule has 11 heavy (non-hydrogen) atoms. The first-order valence-electron chi connectivity index (χ1n) is 4.34. The third kappa shape index (κ3) is 3.21. The second-order valence-electron chi connectivity index (χ2n) is 4.09. The number of ether oxygens (including phenoxy) is 1. The third-order valence-electron chi connectivity index (χ3n) is 2.53. The van der Waals surface area contributed by atoms with E-state index in [0.717, 1.165) is 19.4 Å². The van der Waals surface area contributed by atoms with Crippen molar-refractivity contribution in [2.45, 2.75) is 45.3 Å². The molecule has 1 saturated heterocycles. The Morgan fingerprint density at radius 2 is 2.18 bits per heavy atom. The van der Waals surface area contributed by atoms with Gasteiger partial charge in [-0.05, 0) is 32.6 Å². The van der Waals surface area contributed by atoms with Gasteiger partial charge in [0.25, 0.3) is 0 Å². The van der Waals surface area contributed by atoms with Crippen LogP contribution in [0, 0.1) is 5.92 Å². The van der Waals surface area contributed by atoms with Crippen molar-refractivity contribution in [2.75, 3.05) is 6.61 Å². The second kappa shape index (κ2) is 3.11. The molecule has 2 atom stereocenters. The summed E-state index contributed by atoms with van der Waals surface area (Å²) in [5.41, 5.74) is -0.533. The van der Waals surface area contributed by atoms with Crippen molar-refractivity contribution in [3.05, 3.63) is 0 Å². The standard InChI is InChI=1S/C9H18O2/c1-7(9(2,3)10)4-5-8-6-11-8/h7-8,10H,4-6H2,1-3H3. The van der Waals surface area contributed by atoms with E-state index in [0.29, 0.717) is 12.0 Å². The molecule has 1 aliphatic heterocycles. The van der Waals surface area contributed by atoms with Crippen molar-refractivity contribution in [3.8, 4) is 0 Å². The topological polar surface area (TPSA) is 32.8 Å². The van der Waals surface area contributed by atoms with E-state index in [1.54, 1.807) is 0 Å². The lowest BCUT2D eigenvalue weighted by molar-refractivity contribution is 0.0199. The fourth-order valence-corrected chi connectivity index (χ4v) is 1.02. The summed E-state index contributed by atoms with van der Waals surface area (Å²) >= 11 is 0. The van der Waals surface area contributed by atoms with Crippen LogP contribution >= 0.6 is 0 Å². The summed E-state index contributed by atoms with van der Waals surface area (Å²) in [4.78, 5) is 0. The monoisotopic (exact) mass is 158 g/mol. The second-order valence-corrected chi connectivity index (χ2v) is 4.09. The molecule has 0 aromatic heterocycles. The number of hydrogen-bond acceptors (Lipinski definition) is 2. The molecule has 1 rings (SSSR count). The molecule has 0 aromatic rings. The van der Waals surface area contributed by atoms with Crippen LogP contribution in [0.4, 0.5) is 0 Å². The van der Waals surface area contributed by atoms with E-state index in [-0.39, 0.29) is 0 Å². The Balaban J connectivity index is 2.13. The van der Waals surface area contributed by atoms with Gasteiger partial charge in [-0.15, -0.1) is 0 Å². The normalized spacial score (nSPS) is 26.7. The number of aliphatic hydroxyl groups is 1. The van der Waals surface area contributed by atoms with Crippen molar-refractivity contribution in [1.29, 1.82) is 0 Å². The molecule has 2 nitrogen and oxygen atoms in total. The van der Waals surface area contributed by atoms with Crippen molar-refractivity contribution in [2.24, 2.45) is 5.92 Å². The zero-order chi connectivity index (χ0) is 8.48. The van der Waals surface area contributed by atoms with E-state index in [1.807, 2.05) is 13.8 Å². The molecule has 0 aromatic carbocycles. The SMILES string of the molecule is CC(CCC1CO1)C(C)(C)O. The quantitative estimate of drug-likeness (QED) is 0.630. The zero-order valence-corrected chi connectivity index (χ0v) is 7.63. The minimum Gasteiger partial charge on any atom is -0.390 e. The predicted octanol–water partition coefficient (Wildman–Crippen LogP) is 1.57. The lowest BCUT2D eigenvalue weighted by atomic mass is 9.88. The van der Waals surface area contributed by atoms with E-state index in [9.17, 15) is 5.11 Å². The van der Waals surface area contributed by atoms with Crippen LogP contribution in [0.2, 0.25) is 0 Å². The highest BCUT2D eigenvalue weighted by Gasteiger charge is 2.27. The highest BCUT2D eigenvalue weighted by atomic mass is 16.6. The fraction of sp³-hybridized carbons (Fsp3) is 1.00. The number of rotatable bonds is 4. The molecule has 0 saturated carbocycles. The maximum atomic E-state index is 9.58. The average molecular weight is 158 g/mol. The molecule has 66 valence electrons. The Labute approximate surface area is 68.6 Å². The lowest BCUT2D eigenvalue weighted by Crippen LogP contribution is -2.28. The highest BCUT2D eigenvalue weighted by Crippen LogP contribution is 2.25.